The largest absolute Gasteiger partial charge is 0.361 e. The SMILES string of the molecule is CC(C(=O)NCCc1c[nH]c2ccc(Cl)cc12)C1CNC1. The minimum absolute atomic E-state index is 0.0867. The molecule has 1 aromatic carbocycles. The molecule has 3 N–H and O–H groups in total. The standard InChI is InChI=1S/C16H20ClN3O/c1-10(12-7-18-8-12)16(21)19-5-4-11-9-20-15-3-2-13(17)6-14(11)15/h2-3,6,9-10,12,18,20H,4-5,7-8H2,1H3,(H,19,21). The molecular weight excluding hydrogens is 286 g/mol. The van der Waals surface area contributed by atoms with Gasteiger partial charge < -0.3 is 15.6 Å². The molecular formula is C16H20ClN3O. The van der Waals surface area contributed by atoms with E-state index in [4.69, 9.17) is 11.6 Å². The molecule has 1 amide bonds. The number of fused-ring (bicyclic) bond motifs is 1. The molecule has 112 valence electrons. The Morgan fingerprint density at radius 2 is 2.29 bits per heavy atom. The number of rotatable bonds is 5. The van der Waals surface area contributed by atoms with Gasteiger partial charge in [-0.15, -0.1) is 0 Å². The second-order valence-electron chi connectivity index (χ2n) is 5.75. The molecule has 0 radical (unpaired) electrons. The zero-order valence-electron chi connectivity index (χ0n) is 12.1. The Morgan fingerprint density at radius 1 is 1.48 bits per heavy atom. The lowest BCUT2D eigenvalue weighted by molar-refractivity contribution is -0.126. The maximum Gasteiger partial charge on any atom is 0.223 e. The van der Waals surface area contributed by atoms with E-state index >= 15 is 0 Å². The summed E-state index contributed by atoms with van der Waals surface area (Å²) in [7, 11) is 0. The minimum atomic E-state index is 0.0867. The van der Waals surface area contributed by atoms with Gasteiger partial charge in [0, 0.05) is 34.6 Å². The molecule has 0 aliphatic carbocycles. The van der Waals surface area contributed by atoms with Crippen LogP contribution in [0.25, 0.3) is 10.9 Å². The first-order valence-corrected chi connectivity index (χ1v) is 7.77. The first-order valence-electron chi connectivity index (χ1n) is 7.39. The van der Waals surface area contributed by atoms with Crippen molar-refractivity contribution in [1.82, 2.24) is 15.6 Å². The van der Waals surface area contributed by atoms with Crippen LogP contribution in [0.4, 0.5) is 0 Å². The topological polar surface area (TPSA) is 56.9 Å². The number of aromatic nitrogens is 1. The fraction of sp³-hybridized carbons (Fsp3) is 0.438. The number of halogens is 1. The lowest BCUT2D eigenvalue weighted by Gasteiger charge is -2.31. The van der Waals surface area contributed by atoms with Crippen molar-refractivity contribution in [3.63, 3.8) is 0 Å². The van der Waals surface area contributed by atoms with Gasteiger partial charge in [0.25, 0.3) is 0 Å². The summed E-state index contributed by atoms with van der Waals surface area (Å²) >= 11 is 6.04. The zero-order chi connectivity index (χ0) is 14.8. The van der Waals surface area contributed by atoms with E-state index in [1.165, 1.54) is 5.56 Å². The Balaban J connectivity index is 1.56. The first-order chi connectivity index (χ1) is 10.1. The molecule has 0 bridgehead atoms. The number of hydrogen-bond acceptors (Lipinski definition) is 2. The van der Waals surface area contributed by atoms with Gasteiger partial charge in [-0.25, -0.2) is 0 Å². The van der Waals surface area contributed by atoms with Crippen molar-refractivity contribution < 1.29 is 4.79 Å². The highest BCUT2D eigenvalue weighted by molar-refractivity contribution is 6.31. The summed E-state index contributed by atoms with van der Waals surface area (Å²) in [5, 5.41) is 8.11. The molecule has 1 aliphatic heterocycles. The van der Waals surface area contributed by atoms with Crippen LogP contribution in [0.5, 0.6) is 0 Å². The fourth-order valence-corrected chi connectivity index (χ4v) is 2.89. The average molecular weight is 306 g/mol. The highest BCUT2D eigenvalue weighted by Gasteiger charge is 2.28. The van der Waals surface area contributed by atoms with Gasteiger partial charge in [-0.1, -0.05) is 18.5 Å². The van der Waals surface area contributed by atoms with Crippen LogP contribution in [0.15, 0.2) is 24.4 Å². The summed E-state index contributed by atoms with van der Waals surface area (Å²) in [6, 6.07) is 5.82. The molecule has 3 rings (SSSR count). The highest BCUT2D eigenvalue weighted by Crippen LogP contribution is 2.22. The molecule has 0 spiro atoms. The number of carbonyl (C=O) groups excluding carboxylic acids is 1. The normalized spacial score (nSPS) is 16.7. The van der Waals surface area contributed by atoms with Gasteiger partial charge in [0.1, 0.15) is 0 Å². The molecule has 1 fully saturated rings. The maximum absolute atomic E-state index is 12.1. The molecule has 4 nitrogen and oxygen atoms in total. The predicted octanol–water partition coefficient (Wildman–Crippen LogP) is 2.34. The van der Waals surface area contributed by atoms with Crippen LogP contribution >= 0.6 is 11.6 Å². The van der Waals surface area contributed by atoms with E-state index in [0.717, 1.165) is 35.4 Å². The van der Waals surface area contributed by atoms with E-state index in [1.807, 2.05) is 31.3 Å². The average Bonchev–Trinajstić information content (AvgIpc) is 2.79. The number of carbonyl (C=O) groups is 1. The second kappa shape index (κ2) is 6.08. The van der Waals surface area contributed by atoms with Crippen LogP contribution < -0.4 is 10.6 Å². The summed E-state index contributed by atoms with van der Waals surface area (Å²) < 4.78 is 0. The Bertz CT molecular complexity index is 648. The Kier molecular flexibility index (Phi) is 4.17. The van der Waals surface area contributed by atoms with Gasteiger partial charge in [0.15, 0.2) is 0 Å². The number of nitrogens with one attached hydrogen (secondary N) is 3. The van der Waals surface area contributed by atoms with E-state index in [-0.39, 0.29) is 11.8 Å². The highest BCUT2D eigenvalue weighted by atomic mass is 35.5. The third kappa shape index (κ3) is 3.06. The van der Waals surface area contributed by atoms with Crippen molar-refractivity contribution in [1.29, 1.82) is 0 Å². The molecule has 1 atom stereocenters. The van der Waals surface area contributed by atoms with Crippen LogP contribution in [0, 0.1) is 11.8 Å². The van der Waals surface area contributed by atoms with E-state index in [1.54, 1.807) is 0 Å². The number of aromatic amines is 1. The van der Waals surface area contributed by atoms with Crippen LogP contribution in [0.2, 0.25) is 5.02 Å². The van der Waals surface area contributed by atoms with Gasteiger partial charge in [0.05, 0.1) is 0 Å². The quantitative estimate of drug-likeness (QED) is 0.794. The zero-order valence-corrected chi connectivity index (χ0v) is 12.8. The molecule has 1 unspecified atom stereocenters. The smallest absolute Gasteiger partial charge is 0.223 e. The summed E-state index contributed by atoms with van der Waals surface area (Å²) in [5.41, 5.74) is 2.26. The monoisotopic (exact) mass is 305 g/mol. The van der Waals surface area contributed by atoms with E-state index in [0.29, 0.717) is 12.5 Å². The lowest BCUT2D eigenvalue weighted by atomic mass is 9.88. The van der Waals surface area contributed by atoms with Crippen molar-refractivity contribution in [3.8, 4) is 0 Å². The van der Waals surface area contributed by atoms with Gasteiger partial charge in [0.2, 0.25) is 5.91 Å². The number of benzene rings is 1. The third-order valence-electron chi connectivity index (χ3n) is 4.36. The number of amides is 1. The van der Waals surface area contributed by atoms with Gasteiger partial charge in [-0.05, 0) is 49.2 Å². The number of H-pyrrole nitrogens is 1. The molecule has 2 aromatic rings. The van der Waals surface area contributed by atoms with Crippen LogP contribution in [0.1, 0.15) is 12.5 Å². The molecule has 1 aromatic heterocycles. The van der Waals surface area contributed by atoms with Gasteiger partial charge in [-0.3, -0.25) is 4.79 Å². The van der Waals surface area contributed by atoms with Gasteiger partial charge in [-0.2, -0.15) is 0 Å². The van der Waals surface area contributed by atoms with Crippen molar-refractivity contribution in [2.45, 2.75) is 13.3 Å². The third-order valence-corrected chi connectivity index (χ3v) is 4.59. The molecule has 2 heterocycles. The van der Waals surface area contributed by atoms with Crippen molar-refractivity contribution in [3.05, 3.63) is 35.0 Å². The minimum Gasteiger partial charge on any atom is -0.361 e. The van der Waals surface area contributed by atoms with Gasteiger partial charge >= 0.3 is 0 Å². The fourth-order valence-electron chi connectivity index (χ4n) is 2.72. The Hall–Kier alpha value is -1.52. The Labute approximate surface area is 129 Å². The maximum atomic E-state index is 12.1. The summed E-state index contributed by atoms with van der Waals surface area (Å²) in [6.45, 7) is 4.57. The van der Waals surface area contributed by atoms with Crippen molar-refractivity contribution in [2.24, 2.45) is 11.8 Å². The van der Waals surface area contributed by atoms with E-state index < -0.39 is 0 Å². The summed E-state index contributed by atoms with van der Waals surface area (Å²) in [6.07, 6.45) is 2.80. The molecule has 1 aliphatic rings. The summed E-state index contributed by atoms with van der Waals surface area (Å²) in [5.74, 6) is 0.722. The molecule has 0 saturated carbocycles. The van der Waals surface area contributed by atoms with Crippen molar-refractivity contribution >= 4 is 28.4 Å². The second-order valence-corrected chi connectivity index (χ2v) is 6.19. The molecule has 21 heavy (non-hydrogen) atoms. The lowest BCUT2D eigenvalue weighted by Crippen LogP contribution is -2.49. The van der Waals surface area contributed by atoms with E-state index in [2.05, 4.69) is 15.6 Å². The first kappa shape index (κ1) is 14.4. The Morgan fingerprint density at radius 3 is 3.00 bits per heavy atom. The van der Waals surface area contributed by atoms with Crippen LogP contribution in [0.3, 0.4) is 0 Å². The predicted molar refractivity (Wildman–Crippen MR) is 85.5 cm³/mol. The van der Waals surface area contributed by atoms with Crippen LogP contribution in [-0.2, 0) is 11.2 Å². The molecule has 5 heteroatoms. The van der Waals surface area contributed by atoms with Crippen molar-refractivity contribution in [2.75, 3.05) is 19.6 Å². The van der Waals surface area contributed by atoms with E-state index in [9.17, 15) is 4.79 Å². The number of hydrogen-bond donors (Lipinski definition) is 3. The van der Waals surface area contributed by atoms with Crippen LogP contribution in [-0.4, -0.2) is 30.5 Å². The summed E-state index contributed by atoms with van der Waals surface area (Å²) in [4.78, 5) is 15.3. The molecule has 1 saturated heterocycles.